The van der Waals surface area contributed by atoms with E-state index in [9.17, 15) is 10.2 Å². The molecular weight excluding hydrogens is 380 g/mol. The molecule has 2 aliphatic heterocycles. The van der Waals surface area contributed by atoms with E-state index in [1.807, 2.05) is 24.3 Å². The van der Waals surface area contributed by atoms with Gasteiger partial charge in [0.25, 0.3) is 0 Å². The van der Waals surface area contributed by atoms with Gasteiger partial charge >= 0.3 is 0 Å². The molecule has 0 unspecified atom stereocenters. The summed E-state index contributed by atoms with van der Waals surface area (Å²) in [7, 11) is 0. The van der Waals surface area contributed by atoms with Crippen molar-refractivity contribution in [2.45, 2.75) is 51.7 Å². The summed E-state index contributed by atoms with van der Waals surface area (Å²) in [5, 5.41) is 20.7. The molecule has 1 aromatic rings. The third kappa shape index (κ3) is 8.06. The topological polar surface area (TPSA) is 67.8 Å². The highest BCUT2D eigenvalue weighted by molar-refractivity contribution is 5.32. The molecule has 30 heavy (non-hydrogen) atoms. The molecule has 1 aromatic carbocycles. The summed E-state index contributed by atoms with van der Waals surface area (Å²) in [4.78, 5) is 2.95. The van der Waals surface area contributed by atoms with Gasteiger partial charge in [0.15, 0.2) is 0 Å². The molecule has 2 saturated heterocycles. The second-order valence-corrected chi connectivity index (χ2v) is 9.68. The van der Waals surface area contributed by atoms with Crippen molar-refractivity contribution in [2.75, 3.05) is 52.5 Å². The molecule has 0 aromatic heterocycles. The summed E-state index contributed by atoms with van der Waals surface area (Å²) < 4.78 is 11.6. The number of hydrogen-bond acceptors (Lipinski definition) is 4. The van der Waals surface area contributed by atoms with Crippen LogP contribution in [0, 0.1) is 11.8 Å². The highest BCUT2D eigenvalue weighted by Gasteiger charge is 2.23. The Labute approximate surface area is 181 Å². The van der Waals surface area contributed by atoms with Crippen molar-refractivity contribution in [3.63, 3.8) is 0 Å². The molecule has 2 fully saturated rings. The van der Waals surface area contributed by atoms with Crippen LogP contribution in [-0.4, -0.2) is 74.9 Å². The molecule has 6 nitrogen and oxygen atoms in total. The molecule has 0 saturated carbocycles. The number of aliphatic hydroxyl groups is 2. The smallest absolute Gasteiger partial charge is 0.137 e. The summed E-state index contributed by atoms with van der Waals surface area (Å²) in [6.07, 6.45) is 4.04. The summed E-state index contributed by atoms with van der Waals surface area (Å²) in [6.45, 7) is 11.2. The number of aliphatic hydroxyl groups excluding tert-OH is 2. The van der Waals surface area contributed by atoms with Gasteiger partial charge in [-0.15, -0.1) is 0 Å². The molecule has 0 radical (unpaired) electrons. The lowest BCUT2D eigenvalue weighted by Gasteiger charge is -2.29. The van der Waals surface area contributed by atoms with E-state index in [0.717, 1.165) is 51.1 Å². The molecule has 2 aliphatic rings. The Hall–Kier alpha value is -1.34. The van der Waals surface area contributed by atoms with Crippen LogP contribution < -0.4 is 19.3 Å². The van der Waals surface area contributed by atoms with Crippen molar-refractivity contribution in [1.82, 2.24) is 0 Å². The Kier molecular flexibility index (Phi) is 9.25. The summed E-state index contributed by atoms with van der Waals surface area (Å²) >= 11 is 0. The van der Waals surface area contributed by atoms with Gasteiger partial charge in [0.05, 0.1) is 26.2 Å². The number of piperidine rings is 2. The number of hydrogen-bond donors (Lipinski definition) is 4. The number of nitrogens with one attached hydrogen (secondary N) is 2. The normalized spacial score (nSPS) is 29.2. The number of rotatable bonds is 10. The first-order valence-corrected chi connectivity index (χ1v) is 11.9. The fourth-order valence-electron chi connectivity index (χ4n) is 4.57. The van der Waals surface area contributed by atoms with Gasteiger partial charge in [0.1, 0.15) is 50.0 Å². The molecule has 2 atom stereocenters. The van der Waals surface area contributed by atoms with Crippen LogP contribution in [0.5, 0.6) is 11.5 Å². The third-order valence-electron chi connectivity index (χ3n) is 6.70. The van der Waals surface area contributed by atoms with Crippen LogP contribution in [0.25, 0.3) is 0 Å². The maximum atomic E-state index is 10.3. The standard InChI is InChI=1S/C24H40N2O4/c1-19-6-10-25(11-7-19)15-21(27)17-29-23-4-3-5-24(14-23)30-18-22(28)16-26-12-8-20(2)9-13-26/h3-5,14,19-22,27-28H,6-13,15-18H2,1-2H3/p+2/t21-,22+. The monoisotopic (exact) mass is 422 g/mol. The van der Waals surface area contributed by atoms with Gasteiger partial charge in [-0.2, -0.15) is 0 Å². The summed E-state index contributed by atoms with van der Waals surface area (Å²) in [6, 6.07) is 7.48. The van der Waals surface area contributed by atoms with E-state index in [1.165, 1.54) is 35.5 Å². The van der Waals surface area contributed by atoms with E-state index in [-0.39, 0.29) is 0 Å². The lowest BCUT2D eigenvalue weighted by Crippen LogP contribution is -3.14. The lowest BCUT2D eigenvalue weighted by atomic mass is 9.99. The van der Waals surface area contributed by atoms with Crippen LogP contribution in [0.3, 0.4) is 0 Å². The minimum atomic E-state index is -0.463. The molecule has 0 amide bonds. The molecule has 0 aliphatic carbocycles. The maximum absolute atomic E-state index is 10.3. The molecule has 0 spiro atoms. The van der Waals surface area contributed by atoms with Crippen LogP contribution in [-0.2, 0) is 0 Å². The quantitative estimate of drug-likeness (QED) is 0.422. The first kappa shape index (κ1) is 23.3. The van der Waals surface area contributed by atoms with Crippen molar-refractivity contribution in [1.29, 1.82) is 0 Å². The Morgan fingerprint density at radius 2 is 1.20 bits per heavy atom. The van der Waals surface area contributed by atoms with Crippen molar-refractivity contribution in [3.05, 3.63) is 24.3 Å². The van der Waals surface area contributed by atoms with E-state index in [2.05, 4.69) is 13.8 Å². The molecule has 4 N–H and O–H groups in total. The van der Waals surface area contributed by atoms with Crippen molar-refractivity contribution >= 4 is 0 Å². The van der Waals surface area contributed by atoms with Crippen LogP contribution >= 0.6 is 0 Å². The molecule has 2 heterocycles. The van der Waals surface area contributed by atoms with Crippen molar-refractivity contribution in [2.24, 2.45) is 11.8 Å². The van der Waals surface area contributed by atoms with Crippen LogP contribution in [0.2, 0.25) is 0 Å². The summed E-state index contributed by atoms with van der Waals surface area (Å²) in [5.74, 6) is 3.01. The Bertz CT molecular complexity index is 564. The molecule has 6 heteroatoms. The zero-order valence-electron chi connectivity index (χ0n) is 18.8. The van der Waals surface area contributed by atoms with E-state index in [4.69, 9.17) is 9.47 Å². The highest BCUT2D eigenvalue weighted by atomic mass is 16.5. The highest BCUT2D eigenvalue weighted by Crippen LogP contribution is 2.19. The Morgan fingerprint density at radius 3 is 1.60 bits per heavy atom. The van der Waals surface area contributed by atoms with Gasteiger partial charge in [-0.25, -0.2) is 0 Å². The summed E-state index contributed by atoms with van der Waals surface area (Å²) in [5.41, 5.74) is 0. The molecular formula is C24H42N2O4+2. The van der Waals surface area contributed by atoms with Gasteiger partial charge in [0, 0.05) is 6.07 Å². The van der Waals surface area contributed by atoms with Crippen molar-refractivity contribution in [3.8, 4) is 11.5 Å². The Morgan fingerprint density at radius 1 is 0.800 bits per heavy atom. The van der Waals surface area contributed by atoms with Crippen LogP contribution in [0.1, 0.15) is 39.5 Å². The SMILES string of the molecule is CC1CC[NH+](C[C@H](O)COc2cccc(OC[C@H](O)C[NH+]3CCC(C)CC3)c2)CC1. The molecule has 3 rings (SSSR count). The minimum Gasteiger partial charge on any atom is -0.491 e. The number of benzene rings is 1. The predicted molar refractivity (Wildman–Crippen MR) is 117 cm³/mol. The first-order valence-electron chi connectivity index (χ1n) is 11.9. The average molecular weight is 423 g/mol. The predicted octanol–water partition coefficient (Wildman–Crippen LogP) is -0.204. The molecule has 0 bridgehead atoms. The third-order valence-corrected chi connectivity index (χ3v) is 6.70. The van der Waals surface area contributed by atoms with Crippen LogP contribution in [0.15, 0.2) is 24.3 Å². The van der Waals surface area contributed by atoms with E-state index in [1.54, 1.807) is 0 Å². The fraction of sp³-hybridized carbons (Fsp3) is 0.750. The van der Waals surface area contributed by atoms with Crippen molar-refractivity contribution < 1.29 is 29.5 Å². The van der Waals surface area contributed by atoms with Gasteiger partial charge in [-0.3, -0.25) is 0 Å². The fourth-order valence-corrected chi connectivity index (χ4v) is 4.57. The first-order chi connectivity index (χ1) is 14.5. The second-order valence-electron chi connectivity index (χ2n) is 9.68. The second kappa shape index (κ2) is 11.9. The Balaban J connectivity index is 1.35. The zero-order valence-corrected chi connectivity index (χ0v) is 18.8. The minimum absolute atomic E-state index is 0.294. The van der Waals surface area contributed by atoms with Crippen LogP contribution in [0.4, 0.5) is 0 Å². The maximum Gasteiger partial charge on any atom is 0.137 e. The van der Waals surface area contributed by atoms with E-state index < -0.39 is 12.2 Å². The lowest BCUT2D eigenvalue weighted by molar-refractivity contribution is -0.909. The zero-order chi connectivity index (χ0) is 21.3. The van der Waals surface area contributed by atoms with E-state index >= 15 is 0 Å². The largest absolute Gasteiger partial charge is 0.491 e. The number of likely N-dealkylation sites (tertiary alicyclic amines) is 2. The van der Waals surface area contributed by atoms with E-state index in [0.29, 0.717) is 24.7 Å². The number of ether oxygens (including phenoxy) is 2. The van der Waals surface area contributed by atoms with Gasteiger partial charge < -0.3 is 29.5 Å². The average Bonchev–Trinajstić information content (AvgIpc) is 2.74. The van der Waals surface area contributed by atoms with Gasteiger partial charge in [-0.1, -0.05) is 19.9 Å². The molecule has 170 valence electrons. The van der Waals surface area contributed by atoms with Gasteiger partial charge in [-0.05, 0) is 49.7 Å². The number of quaternary nitrogens is 2. The van der Waals surface area contributed by atoms with Gasteiger partial charge in [0.2, 0.25) is 0 Å².